The number of carbonyl (C=O) groups excluding carboxylic acids is 1. The van der Waals surface area contributed by atoms with E-state index in [1.165, 1.54) is 0 Å². The van der Waals surface area contributed by atoms with E-state index in [1.54, 1.807) is 26.0 Å². The summed E-state index contributed by atoms with van der Waals surface area (Å²) in [4.78, 5) is 16.4. The predicted octanol–water partition coefficient (Wildman–Crippen LogP) is 7.32. The molecule has 2 aromatic rings. The summed E-state index contributed by atoms with van der Waals surface area (Å²) in [5.74, 6) is 1.64. The summed E-state index contributed by atoms with van der Waals surface area (Å²) >= 11 is 0. The van der Waals surface area contributed by atoms with E-state index in [1.807, 2.05) is 62.4 Å². The summed E-state index contributed by atoms with van der Waals surface area (Å²) in [6, 6.07) is 17.0. The number of hydrogen-bond donors (Lipinski definition) is 0. The second-order valence-electron chi connectivity index (χ2n) is 9.36. The molecule has 0 N–H and O–H groups in total. The van der Waals surface area contributed by atoms with Gasteiger partial charge in [-0.3, -0.25) is 9.79 Å². The Morgan fingerprint density at radius 2 is 1.76 bits per heavy atom. The molecule has 0 spiro atoms. The Morgan fingerprint density at radius 1 is 1.08 bits per heavy atom. The van der Waals surface area contributed by atoms with Crippen LogP contribution in [0.5, 0.6) is 5.75 Å². The third kappa shape index (κ3) is 7.41. The highest BCUT2D eigenvalue weighted by Gasteiger charge is 2.22. The van der Waals surface area contributed by atoms with Crippen molar-refractivity contribution in [2.75, 3.05) is 6.61 Å². The predicted molar refractivity (Wildman–Crippen MR) is 150 cm³/mol. The number of ether oxygens (including phenoxy) is 2. The van der Waals surface area contributed by atoms with Gasteiger partial charge in [0.15, 0.2) is 11.9 Å². The molecule has 1 aliphatic rings. The van der Waals surface area contributed by atoms with Gasteiger partial charge in [0.1, 0.15) is 18.1 Å². The molecule has 0 saturated carbocycles. The van der Waals surface area contributed by atoms with Crippen LogP contribution in [0, 0.1) is 17.2 Å². The maximum atomic E-state index is 11.6. The second-order valence-corrected chi connectivity index (χ2v) is 9.36. The third-order valence-corrected chi connectivity index (χ3v) is 6.09. The zero-order chi connectivity index (χ0) is 26.8. The molecule has 0 bridgehead atoms. The van der Waals surface area contributed by atoms with Gasteiger partial charge >= 0.3 is 0 Å². The van der Waals surface area contributed by atoms with Crippen LogP contribution in [0.4, 0.5) is 0 Å². The van der Waals surface area contributed by atoms with Crippen LogP contribution in [0.2, 0.25) is 0 Å². The number of nitriles is 1. The van der Waals surface area contributed by atoms with E-state index in [0.29, 0.717) is 23.8 Å². The van der Waals surface area contributed by atoms with Crippen molar-refractivity contribution in [2.24, 2.45) is 10.9 Å². The summed E-state index contributed by atoms with van der Waals surface area (Å²) < 4.78 is 12.2. The van der Waals surface area contributed by atoms with Gasteiger partial charge in [0.2, 0.25) is 0 Å². The Morgan fingerprint density at radius 3 is 2.35 bits per heavy atom. The number of benzene rings is 2. The lowest BCUT2D eigenvalue weighted by atomic mass is 9.96. The molecule has 1 unspecified atom stereocenters. The molecular weight excluding hydrogens is 460 g/mol. The Labute approximate surface area is 220 Å². The molecule has 0 aromatic heterocycles. The zero-order valence-corrected chi connectivity index (χ0v) is 22.2. The molecule has 37 heavy (non-hydrogen) atoms. The highest BCUT2D eigenvalue weighted by Crippen LogP contribution is 2.31. The Hall–Kier alpha value is -4.17. The van der Waals surface area contributed by atoms with Crippen molar-refractivity contribution in [1.29, 1.82) is 5.26 Å². The molecule has 5 heteroatoms. The lowest BCUT2D eigenvalue weighted by Crippen LogP contribution is -2.25. The highest BCUT2D eigenvalue weighted by molar-refractivity contribution is 5.99. The fraction of sp³-hybridized carbons (Fsp3) is 0.281. The van der Waals surface area contributed by atoms with Crippen LogP contribution in [0.1, 0.15) is 57.7 Å². The lowest BCUT2D eigenvalue weighted by molar-refractivity contribution is -0.120. The molecule has 0 saturated heterocycles. The topological polar surface area (TPSA) is 71.7 Å². The average molecular weight is 495 g/mol. The van der Waals surface area contributed by atoms with E-state index in [0.717, 1.165) is 46.6 Å². The molecule has 0 aliphatic heterocycles. The molecule has 2 aromatic carbocycles. The van der Waals surface area contributed by atoms with Gasteiger partial charge in [-0.15, -0.1) is 0 Å². The first-order valence-electron chi connectivity index (χ1n) is 12.5. The van der Waals surface area contributed by atoms with E-state index >= 15 is 0 Å². The quantitative estimate of drug-likeness (QED) is 0.197. The summed E-state index contributed by atoms with van der Waals surface area (Å²) in [6.45, 7) is 9.89. The Kier molecular flexibility index (Phi) is 9.40. The monoisotopic (exact) mass is 494 g/mol. The molecule has 3 rings (SSSR count). The summed E-state index contributed by atoms with van der Waals surface area (Å²) in [5.41, 5.74) is 4.08. The van der Waals surface area contributed by atoms with Crippen LogP contribution in [-0.2, 0) is 9.53 Å². The van der Waals surface area contributed by atoms with Gasteiger partial charge in [-0.2, -0.15) is 5.26 Å². The standard InChI is InChI=1S/C32H34N2O3/c1-6-25-10-8-9-11-30(25)34-28(7-2)21-36-29-18-16-26(17-19-29)23(3)31(37-32(4,5)22-35)27-14-12-24(20-33)13-15-27/h7-19,22,25H,6,21H2,1-5H3/b28-7-,31-23+,34-30?. The maximum Gasteiger partial charge on any atom is 0.162 e. The Bertz CT molecular complexity index is 1290. The van der Waals surface area contributed by atoms with Crippen molar-refractivity contribution < 1.29 is 14.3 Å². The van der Waals surface area contributed by atoms with Gasteiger partial charge in [0.05, 0.1) is 17.3 Å². The largest absolute Gasteiger partial charge is 0.487 e. The smallest absolute Gasteiger partial charge is 0.162 e. The number of hydrogen-bond acceptors (Lipinski definition) is 5. The van der Waals surface area contributed by atoms with Crippen molar-refractivity contribution in [3.8, 4) is 11.8 Å². The number of aldehydes is 1. The molecule has 1 aliphatic carbocycles. The van der Waals surface area contributed by atoms with E-state index in [9.17, 15) is 4.79 Å². The van der Waals surface area contributed by atoms with Gasteiger partial charge in [-0.05, 0) is 87.7 Å². The number of aliphatic imine (C=N–C) groups is 1. The number of rotatable bonds is 10. The summed E-state index contributed by atoms with van der Waals surface area (Å²) in [6.07, 6.45) is 12.1. The van der Waals surface area contributed by atoms with Crippen LogP contribution >= 0.6 is 0 Å². The van der Waals surface area contributed by atoms with Crippen molar-refractivity contribution in [1.82, 2.24) is 0 Å². The van der Waals surface area contributed by atoms with Crippen LogP contribution in [-0.4, -0.2) is 24.2 Å². The van der Waals surface area contributed by atoms with Gasteiger partial charge in [0.25, 0.3) is 0 Å². The number of nitrogens with zero attached hydrogens (tertiary/aromatic N) is 2. The van der Waals surface area contributed by atoms with Crippen molar-refractivity contribution in [2.45, 2.75) is 46.6 Å². The van der Waals surface area contributed by atoms with Crippen molar-refractivity contribution >= 4 is 23.3 Å². The molecule has 190 valence electrons. The number of allylic oxidation sites excluding steroid dienone is 6. The zero-order valence-electron chi connectivity index (χ0n) is 22.2. The molecule has 5 nitrogen and oxygen atoms in total. The Balaban J connectivity index is 1.81. The first-order valence-corrected chi connectivity index (χ1v) is 12.5. The van der Waals surface area contributed by atoms with Crippen LogP contribution in [0.15, 0.2) is 89.6 Å². The summed E-state index contributed by atoms with van der Waals surface area (Å²) in [7, 11) is 0. The molecule has 0 amide bonds. The van der Waals surface area contributed by atoms with E-state index < -0.39 is 5.60 Å². The van der Waals surface area contributed by atoms with Crippen molar-refractivity contribution in [3.63, 3.8) is 0 Å². The normalized spacial score (nSPS) is 17.2. The maximum absolute atomic E-state index is 11.6. The minimum Gasteiger partial charge on any atom is -0.487 e. The van der Waals surface area contributed by atoms with E-state index in [-0.39, 0.29) is 0 Å². The second kappa shape index (κ2) is 12.7. The summed E-state index contributed by atoms with van der Waals surface area (Å²) in [5, 5.41) is 9.14. The van der Waals surface area contributed by atoms with Crippen LogP contribution in [0.3, 0.4) is 0 Å². The fourth-order valence-corrected chi connectivity index (χ4v) is 3.81. The van der Waals surface area contributed by atoms with Crippen molar-refractivity contribution in [3.05, 3.63) is 101 Å². The van der Waals surface area contributed by atoms with E-state index in [4.69, 9.17) is 19.7 Å². The molecule has 0 heterocycles. The van der Waals surface area contributed by atoms with Crippen LogP contribution < -0.4 is 4.74 Å². The van der Waals surface area contributed by atoms with Gasteiger partial charge < -0.3 is 9.47 Å². The SMILES string of the molecule is C/C=C(/COc1ccc(/C(C)=C(/OC(C)(C)C=O)c2ccc(C#N)cc2)cc1)N=C1C=CC=CC1CC. The van der Waals surface area contributed by atoms with E-state index in [2.05, 4.69) is 31.2 Å². The average Bonchev–Trinajstić information content (AvgIpc) is 2.94. The third-order valence-electron chi connectivity index (χ3n) is 6.09. The fourth-order valence-electron chi connectivity index (χ4n) is 3.81. The first kappa shape index (κ1) is 27.4. The lowest BCUT2D eigenvalue weighted by Gasteiger charge is -2.24. The minimum absolute atomic E-state index is 0.325. The molecular formula is C32H34N2O3. The molecule has 1 atom stereocenters. The van der Waals surface area contributed by atoms with Gasteiger partial charge in [0, 0.05) is 17.2 Å². The highest BCUT2D eigenvalue weighted by atomic mass is 16.5. The van der Waals surface area contributed by atoms with Gasteiger partial charge in [-0.25, -0.2) is 0 Å². The minimum atomic E-state index is -1.00. The first-order chi connectivity index (χ1) is 17.8. The van der Waals surface area contributed by atoms with Gasteiger partial charge in [-0.1, -0.05) is 43.4 Å². The molecule has 0 fully saturated rings. The number of carbonyl (C=O) groups is 1. The molecule has 0 radical (unpaired) electrons. The van der Waals surface area contributed by atoms with Crippen LogP contribution in [0.25, 0.3) is 11.3 Å².